The lowest BCUT2D eigenvalue weighted by Gasteiger charge is -2.27. The van der Waals surface area contributed by atoms with Gasteiger partial charge >= 0.3 is 6.03 Å². The van der Waals surface area contributed by atoms with Crippen molar-refractivity contribution in [3.05, 3.63) is 82.4 Å². The van der Waals surface area contributed by atoms with E-state index in [1.54, 1.807) is 14.2 Å². The summed E-state index contributed by atoms with van der Waals surface area (Å²) in [6.07, 6.45) is 6.55. The van der Waals surface area contributed by atoms with Crippen LogP contribution in [0.4, 0.5) is 16.2 Å². The molecule has 1 aliphatic heterocycles. The first kappa shape index (κ1) is 26.9. The van der Waals surface area contributed by atoms with Crippen molar-refractivity contribution >= 4 is 34.8 Å². The van der Waals surface area contributed by atoms with Crippen LogP contribution in [0, 0.1) is 0 Å². The number of nitrogens with zero attached hydrogens (tertiary/aromatic N) is 1. The normalized spacial score (nSPS) is 17.0. The number of fused-ring (bicyclic) bond motifs is 1. The minimum absolute atomic E-state index is 0.133. The van der Waals surface area contributed by atoms with Gasteiger partial charge in [0.1, 0.15) is 5.84 Å². The fraction of sp³-hybridized carbons (Fsp3) is 0.355. The van der Waals surface area contributed by atoms with Crippen molar-refractivity contribution in [1.29, 1.82) is 0 Å². The molecule has 3 aromatic carbocycles. The quantitative estimate of drug-likeness (QED) is 0.297. The Morgan fingerprint density at radius 2 is 1.69 bits per heavy atom. The van der Waals surface area contributed by atoms with E-state index in [0.717, 1.165) is 47.6 Å². The maximum absolute atomic E-state index is 12.4. The number of ether oxygens (including phenoxy) is 2. The van der Waals surface area contributed by atoms with E-state index in [9.17, 15) is 4.79 Å². The van der Waals surface area contributed by atoms with Gasteiger partial charge in [0, 0.05) is 40.5 Å². The molecular formula is C31H35ClN4O3. The van der Waals surface area contributed by atoms with E-state index in [2.05, 4.69) is 34.1 Å². The van der Waals surface area contributed by atoms with Gasteiger partial charge in [-0.2, -0.15) is 0 Å². The number of anilines is 2. The number of nitrogens with one attached hydrogen (secondary N) is 3. The Balaban J connectivity index is 1.31. The lowest BCUT2D eigenvalue weighted by Crippen LogP contribution is -2.39. The lowest BCUT2D eigenvalue weighted by molar-refractivity contribution is 0.244. The van der Waals surface area contributed by atoms with Crippen molar-refractivity contribution < 1.29 is 14.3 Å². The summed E-state index contributed by atoms with van der Waals surface area (Å²) in [7, 11) is 3.29. The summed E-state index contributed by atoms with van der Waals surface area (Å²) >= 11 is 6.20. The molecule has 3 aromatic rings. The summed E-state index contributed by atoms with van der Waals surface area (Å²) < 4.78 is 11.2. The van der Waals surface area contributed by atoms with Crippen molar-refractivity contribution in [3.8, 4) is 11.5 Å². The van der Waals surface area contributed by atoms with Gasteiger partial charge in [-0.15, -0.1) is 0 Å². The van der Waals surface area contributed by atoms with Gasteiger partial charge in [-0.05, 0) is 72.9 Å². The molecule has 0 saturated heterocycles. The van der Waals surface area contributed by atoms with Crippen LogP contribution in [0.2, 0.25) is 5.02 Å². The van der Waals surface area contributed by atoms with Crippen LogP contribution < -0.4 is 25.4 Å². The highest BCUT2D eigenvalue weighted by molar-refractivity contribution is 6.31. The second-order valence-corrected chi connectivity index (χ2v) is 10.6. The van der Waals surface area contributed by atoms with Gasteiger partial charge in [0.05, 0.1) is 14.2 Å². The van der Waals surface area contributed by atoms with Gasteiger partial charge in [-0.1, -0.05) is 49.1 Å². The maximum atomic E-state index is 12.4. The number of hydrogen-bond acceptors (Lipinski definition) is 5. The third-order valence-corrected chi connectivity index (χ3v) is 7.68. The van der Waals surface area contributed by atoms with Crippen LogP contribution in [0.5, 0.6) is 11.5 Å². The second-order valence-electron chi connectivity index (χ2n) is 10.2. The van der Waals surface area contributed by atoms with E-state index >= 15 is 0 Å². The average molecular weight is 547 g/mol. The molecule has 3 N–H and O–H groups in total. The molecule has 39 heavy (non-hydrogen) atoms. The maximum Gasteiger partial charge on any atom is 0.319 e. The summed E-state index contributed by atoms with van der Waals surface area (Å²) in [6, 6.07) is 19.8. The number of carbonyl (C=O) groups excluding carboxylic acids is 1. The molecule has 204 valence electrons. The molecule has 1 unspecified atom stereocenters. The Bertz CT molecular complexity index is 1340. The van der Waals surface area contributed by atoms with Crippen LogP contribution in [0.15, 0.2) is 65.7 Å². The van der Waals surface area contributed by atoms with Gasteiger partial charge in [-0.3, -0.25) is 4.99 Å². The van der Waals surface area contributed by atoms with Crippen LogP contribution in [-0.4, -0.2) is 38.7 Å². The van der Waals surface area contributed by atoms with Gasteiger partial charge in [0.2, 0.25) is 0 Å². The average Bonchev–Trinajstić information content (AvgIpc) is 2.95. The minimum atomic E-state index is -0.133. The predicted octanol–water partition coefficient (Wildman–Crippen LogP) is 7.01. The van der Waals surface area contributed by atoms with Gasteiger partial charge in [0.15, 0.2) is 11.5 Å². The van der Waals surface area contributed by atoms with E-state index in [-0.39, 0.29) is 18.0 Å². The number of rotatable bonds is 7. The molecule has 0 spiro atoms. The second kappa shape index (κ2) is 12.4. The van der Waals surface area contributed by atoms with Gasteiger partial charge in [0.25, 0.3) is 0 Å². The smallest absolute Gasteiger partial charge is 0.319 e. The molecule has 0 radical (unpaired) electrons. The zero-order chi connectivity index (χ0) is 27.2. The highest BCUT2D eigenvalue weighted by Gasteiger charge is 2.26. The Labute approximate surface area is 235 Å². The number of amides is 2. The Kier molecular flexibility index (Phi) is 8.57. The van der Waals surface area contributed by atoms with Crippen molar-refractivity contribution in [2.24, 2.45) is 4.99 Å². The summed E-state index contributed by atoms with van der Waals surface area (Å²) in [5, 5.41) is 10.2. The van der Waals surface area contributed by atoms with Crippen LogP contribution in [-0.2, 0) is 6.42 Å². The molecule has 2 aliphatic rings. The molecule has 2 amide bonds. The van der Waals surface area contributed by atoms with Crippen LogP contribution in [0.25, 0.3) is 0 Å². The first-order chi connectivity index (χ1) is 19.0. The number of aliphatic imine (C=N–C) groups is 1. The van der Waals surface area contributed by atoms with Crippen molar-refractivity contribution in [1.82, 2.24) is 5.32 Å². The zero-order valence-electron chi connectivity index (χ0n) is 22.4. The topological polar surface area (TPSA) is 84.0 Å². The first-order valence-corrected chi connectivity index (χ1v) is 13.9. The van der Waals surface area contributed by atoms with E-state index in [1.807, 2.05) is 42.5 Å². The molecule has 1 fully saturated rings. The zero-order valence-corrected chi connectivity index (χ0v) is 23.2. The van der Waals surface area contributed by atoms with Gasteiger partial charge < -0.3 is 25.4 Å². The standard InChI is InChI=1S/C31H35ClN4O3/c1-38-28-17-26-21(15-20-11-13-24(14-12-20)36-31(37)35-23-8-4-3-5-9-23)19-33-30(27(26)18-29(28)39-2)34-25-10-6-7-22(32)16-25/h6-7,10-14,16-18,21,23H,3-5,8-9,15,19H2,1-2H3,(H,33,34)(H2,35,36,37). The van der Waals surface area contributed by atoms with Crippen LogP contribution in [0.3, 0.4) is 0 Å². The SMILES string of the molecule is COc1cc2c(cc1OC)C(Cc1ccc(NC(=O)NC3CCCCC3)cc1)CN=C2Nc1cccc(Cl)c1. The summed E-state index contributed by atoms with van der Waals surface area (Å²) in [5.74, 6) is 2.26. The molecule has 7 nitrogen and oxygen atoms in total. The van der Waals surface area contributed by atoms with Gasteiger partial charge in [-0.25, -0.2) is 4.79 Å². The van der Waals surface area contributed by atoms with Crippen molar-refractivity contribution in [2.45, 2.75) is 50.5 Å². The van der Waals surface area contributed by atoms with Crippen molar-refractivity contribution in [3.63, 3.8) is 0 Å². The predicted molar refractivity (Wildman–Crippen MR) is 158 cm³/mol. The molecule has 1 aliphatic carbocycles. The largest absolute Gasteiger partial charge is 0.493 e. The Hall–Kier alpha value is -3.71. The summed E-state index contributed by atoms with van der Waals surface area (Å²) in [4.78, 5) is 17.4. The van der Waals surface area contributed by atoms with E-state index in [0.29, 0.717) is 23.1 Å². The Morgan fingerprint density at radius 1 is 0.949 bits per heavy atom. The number of hydrogen-bond donors (Lipinski definition) is 3. The minimum Gasteiger partial charge on any atom is -0.493 e. The Morgan fingerprint density at radius 3 is 2.41 bits per heavy atom. The third kappa shape index (κ3) is 6.66. The van der Waals surface area contributed by atoms with Crippen molar-refractivity contribution in [2.75, 3.05) is 31.4 Å². The highest BCUT2D eigenvalue weighted by Crippen LogP contribution is 2.38. The summed E-state index contributed by atoms with van der Waals surface area (Å²) in [6.45, 7) is 0.620. The first-order valence-electron chi connectivity index (χ1n) is 13.5. The number of urea groups is 1. The number of halogens is 1. The molecule has 8 heteroatoms. The third-order valence-electron chi connectivity index (χ3n) is 7.44. The van der Waals surface area contributed by atoms with E-state index in [4.69, 9.17) is 26.1 Å². The van der Waals surface area contributed by atoms with E-state index in [1.165, 1.54) is 24.8 Å². The molecule has 0 aromatic heterocycles. The fourth-order valence-corrected chi connectivity index (χ4v) is 5.61. The molecule has 0 bridgehead atoms. The monoisotopic (exact) mass is 546 g/mol. The molecular weight excluding hydrogens is 512 g/mol. The molecule has 5 rings (SSSR count). The molecule has 1 heterocycles. The molecule has 1 saturated carbocycles. The number of amidine groups is 1. The lowest BCUT2D eigenvalue weighted by atomic mass is 9.86. The fourth-order valence-electron chi connectivity index (χ4n) is 5.42. The number of benzene rings is 3. The van der Waals surface area contributed by atoms with Crippen LogP contribution in [0.1, 0.15) is 54.7 Å². The number of carbonyl (C=O) groups is 1. The van der Waals surface area contributed by atoms with Crippen LogP contribution >= 0.6 is 11.6 Å². The number of methoxy groups -OCH3 is 2. The summed E-state index contributed by atoms with van der Waals surface area (Å²) in [5.41, 5.74) is 4.94. The molecule has 1 atom stereocenters. The highest BCUT2D eigenvalue weighted by atomic mass is 35.5. The van der Waals surface area contributed by atoms with E-state index < -0.39 is 0 Å².